The Bertz CT molecular complexity index is 2140. The lowest BCUT2D eigenvalue weighted by atomic mass is 9.33. The van der Waals surface area contributed by atoms with Crippen LogP contribution < -0.4 is 26.2 Å². The average Bonchev–Trinajstić information content (AvgIpc) is 3.75. The Balaban J connectivity index is 1.20. The first kappa shape index (κ1) is 33.1. The SMILES string of the molecule is Cc1cc2c3c(c1)N(c1ccc4c(c1)CCCCC4)c1cc4c(cc1B3c1cc3c(cc1N2c1ccc2c(c1)CCCCC2)CCCCC3)CCCCC4. The van der Waals surface area contributed by atoms with E-state index in [2.05, 4.69) is 89.5 Å². The van der Waals surface area contributed by atoms with E-state index in [1.54, 1.807) is 44.5 Å². The van der Waals surface area contributed by atoms with E-state index in [9.17, 15) is 0 Å². The lowest BCUT2D eigenvalue weighted by molar-refractivity contribution is 0.711. The van der Waals surface area contributed by atoms with Crippen LogP contribution in [0, 0.1) is 6.92 Å². The molecule has 0 saturated carbocycles. The molecule has 0 spiro atoms. The highest BCUT2D eigenvalue weighted by molar-refractivity contribution is 7.00. The number of hydrogen-bond acceptors (Lipinski definition) is 2. The molecule has 54 heavy (non-hydrogen) atoms. The number of anilines is 6. The summed E-state index contributed by atoms with van der Waals surface area (Å²) < 4.78 is 0. The van der Waals surface area contributed by atoms with Crippen LogP contribution in [-0.2, 0) is 51.4 Å². The van der Waals surface area contributed by atoms with Gasteiger partial charge in [0.25, 0.3) is 6.71 Å². The van der Waals surface area contributed by atoms with Crippen LogP contribution in [0.3, 0.4) is 0 Å². The van der Waals surface area contributed by atoms with E-state index in [0.717, 1.165) is 0 Å². The lowest BCUT2D eigenvalue weighted by Crippen LogP contribution is -2.61. The third-order valence-corrected chi connectivity index (χ3v) is 14.3. The van der Waals surface area contributed by atoms with Gasteiger partial charge in [0, 0.05) is 34.1 Å². The standard InChI is InChI=1S/C51H55BN2/c1-34-26-49-51-50(27-34)54(44-25-23-36-15-7-3-9-17-38(36)29-44)48-33-42-21-13-5-11-19-40(42)31-46(48)52(51)45-30-39-18-10-4-12-20-41(39)32-47(45)53(49)43-24-22-35-14-6-2-8-16-37(35)28-43/h22-33H,2-21H2,1H3. The van der Waals surface area contributed by atoms with Crippen LogP contribution in [0.25, 0.3) is 0 Å². The molecule has 4 aliphatic carbocycles. The predicted molar refractivity (Wildman–Crippen MR) is 230 cm³/mol. The van der Waals surface area contributed by atoms with E-state index in [0.29, 0.717) is 0 Å². The molecule has 0 bridgehead atoms. The van der Waals surface area contributed by atoms with Gasteiger partial charge in [0.05, 0.1) is 0 Å². The second-order valence-corrected chi connectivity index (χ2v) is 17.8. The first-order chi connectivity index (χ1) is 26.7. The molecule has 0 radical (unpaired) electrons. The fourth-order valence-electron chi connectivity index (χ4n) is 11.6. The van der Waals surface area contributed by atoms with E-state index in [4.69, 9.17) is 0 Å². The molecule has 11 rings (SSSR count). The zero-order valence-corrected chi connectivity index (χ0v) is 32.5. The Hall–Kier alpha value is -4.24. The van der Waals surface area contributed by atoms with Gasteiger partial charge in [-0.2, -0.15) is 0 Å². The molecule has 0 N–H and O–H groups in total. The van der Waals surface area contributed by atoms with Gasteiger partial charge in [-0.05, 0) is 225 Å². The Labute approximate surface area is 324 Å². The normalized spacial score (nSPS) is 18.7. The summed E-state index contributed by atoms with van der Waals surface area (Å²) >= 11 is 0. The zero-order valence-electron chi connectivity index (χ0n) is 32.5. The number of rotatable bonds is 2. The quantitative estimate of drug-likeness (QED) is 0.130. The molecule has 5 aromatic rings. The molecule has 2 aliphatic heterocycles. The topological polar surface area (TPSA) is 6.48 Å². The molecular formula is C51H55BN2. The minimum Gasteiger partial charge on any atom is -0.311 e. The third-order valence-electron chi connectivity index (χ3n) is 14.3. The van der Waals surface area contributed by atoms with Crippen molar-refractivity contribution in [2.75, 3.05) is 9.80 Å². The van der Waals surface area contributed by atoms with Crippen LogP contribution in [0.4, 0.5) is 34.1 Å². The Morgan fingerprint density at radius 3 is 1.11 bits per heavy atom. The summed E-state index contributed by atoms with van der Waals surface area (Å²) in [6.07, 6.45) is 25.5. The van der Waals surface area contributed by atoms with Gasteiger partial charge in [-0.25, -0.2) is 0 Å². The van der Waals surface area contributed by atoms with E-state index in [1.807, 2.05) is 0 Å². The molecule has 272 valence electrons. The molecule has 0 unspecified atom stereocenters. The predicted octanol–water partition coefficient (Wildman–Crippen LogP) is 11.2. The van der Waals surface area contributed by atoms with Crippen molar-refractivity contribution in [2.24, 2.45) is 0 Å². The fraction of sp³-hybridized carbons (Fsp3) is 0.412. The third kappa shape index (κ3) is 5.50. The monoisotopic (exact) mass is 706 g/mol. The van der Waals surface area contributed by atoms with Crippen molar-refractivity contribution in [3.8, 4) is 0 Å². The van der Waals surface area contributed by atoms with Gasteiger partial charge in [-0.1, -0.05) is 49.9 Å². The molecule has 0 atom stereocenters. The summed E-state index contributed by atoms with van der Waals surface area (Å²) in [6, 6.07) is 30.9. The second-order valence-electron chi connectivity index (χ2n) is 17.8. The van der Waals surface area contributed by atoms with E-state index in [-0.39, 0.29) is 6.71 Å². The van der Waals surface area contributed by atoms with Crippen LogP contribution in [0.15, 0.2) is 72.8 Å². The lowest BCUT2D eigenvalue weighted by Gasteiger charge is -2.45. The number of nitrogens with zero attached hydrogens (tertiary/aromatic N) is 2. The minimum atomic E-state index is 0.219. The molecule has 2 nitrogen and oxygen atoms in total. The van der Waals surface area contributed by atoms with Gasteiger partial charge >= 0.3 is 0 Å². The summed E-state index contributed by atoms with van der Waals surface area (Å²) in [5.41, 5.74) is 26.9. The van der Waals surface area contributed by atoms with E-state index < -0.39 is 0 Å². The first-order valence-corrected chi connectivity index (χ1v) is 22.0. The molecular weight excluding hydrogens is 651 g/mol. The molecule has 0 saturated heterocycles. The van der Waals surface area contributed by atoms with Crippen LogP contribution in [0.2, 0.25) is 0 Å². The van der Waals surface area contributed by atoms with Gasteiger partial charge in [-0.15, -0.1) is 0 Å². The molecule has 0 fully saturated rings. The van der Waals surface area contributed by atoms with Gasteiger partial charge in [-0.3, -0.25) is 0 Å². The van der Waals surface area contributed by atoms with Crippen LogP contribution >= 0.6 is 0 Å². The van der Waals surface area contributed by atoms with Crippen molar-refractivity contribution in [2.45, 2.75) is 135 Å². The minimum absolute atomic E-state index is 0.219. The zero-order chi connectivity index (χ0) is 35.8. The largest absolute Gasteiger partial charge is 0.311 e. The van der Waals surface area contributed by atoms with Crippen molar-refractivity contribution >= 4 is 57.2 Å². The Morgan fingerprint density at radius 1 is 0.352 bits per heavy atom. The number of fused-ring (bicyclic) bond motifs is 8. The first-order valence-electron chi connectivity index (χ1n) is 22.0. The van der Waals surface area contributed by atoms with Crippen molar-refractivity contribution < 1.29 is 0 Å². The maximum Gasteiger partial charge on any atom is 0.252 e. The highest BCUT2D eigenvalue weighted by Gasteiger charge is 2.44. The number of aryl methyl sites for hydroxylation is 9. The van der Waals surface area contributed by atoms with E-state index >= 15 is 0 Å². The number of benzene rings is 5. The summed E-state index contributed by atoms with van der Waals surface area (Å²) in [5.74, 6) is 0. The van der Waals surface area contributed by atoms with Gasteiger partial charge in [0.1, 0.15) is 0 Å². The maximum atomic E-state index is 2.72. The molecule has 3 heteroatoms. The average molecular weight is 707 g/mol. The highest BCUT2D eigenvalue weighted by atomic mass is 15.2. The van der Waals surface area contributed by atoms with Gasteiger partial charge in [0.2, 0.25) is 0 Å². The van der Waals surface area contributed by atoms with E-state index in [1.165, 1.54) is 184 Å². The second kappa shape index (κ2) is 13.5. The molecule has 5 aromatic carbocycles. The van der Waals surface area contributed by atoms with Crippen molar-refractivity contribution in [3.63, 3.8) is 0 Å². The van der Waals surface area contributed by atoms with Crippen LogP contribution in [0.1, 0.15) is 127 Å². The van der Waals surface area contributed by atoms with Crippen LogP contribution in [0.5, 0.6) is 0 Å². The summed E-state index contributed by atoms with van der Waals surface area (Å²) in [5, 5.41) is 0. The van der Waals surface area contributed by atoms with Gasteiger partial charge < -0.3 is 9.80 Å². The van der Waals surface area contributed by atoms with Crippen molar-refractivity contribution in [1.29, 1.82) is 0 Å². The Morgan fingerprint density at radius 2 is 0.704 bits per heavy atom. The molecule has 6 aliphatic rings. The molecule has 0 amide bonds. The van der Waals surface area contributed by atoms with Gasteiger partial charge in [0.15, 0.2) is 0 Å². The summed E-state index contributed by atoms with van der Waals surface area (Å²) in [4.78, 5) is 5.44. The smallest absolute Gasteiger partial charge is 0.252 e. The molecule has 0 aromatic heterocycles. The number of hydrogen-bond donors (Lipinski definition) is 0. The summed E-state index contributed by atoms with van der Waals surface area (Å²) in [6.45, 7) is 2.56. The van der Waals surface area contributed by atoms with Crippen LogP contribution in [-0.4, -0.2) is 6.71 Å². The fourth-order valence-corrected chi connectivity index (χ4v) is 11.6. The summed E-state index contributed by atoms with van der Waals surface area (Å²) in [7, 11) is 0. The Kier molecular flexibility index (Phi) is 8.29. The van der Waals surface area contributed by atoms with Crippen molar-refractivity contribution in [3.05, 3.63) is 123 Å². The molecule has 2 heterocycles. The van der Waals surface area contributed by atoms with Crippen molar-refractivity contribution in [1.82, 2.24) is 0 Å². The highest BCUT2D eigenvalue weighted by Crippen LogP contribution is 2.47. The maximum absolute atomic E-state index is 2.72.